The first kappa shape index (κ1) is 13.7. The highest BCUT2D eigenvalue weighted by molar-refractivity contribution is 5.72. The van der Waals surface area contributed by atoms with E-state index in [0.717, 1.165) is 5.56 Å². The van der Waals surface area contributed by atoms with Gasteiger partial charge in [0.15, 0.2) is 0 Å². The summed E-state index contributed by atoms with van der Waals surface area (Å²) in [6, 6.07) is 7.89. The van der Waals surface area contributed by atoms with Gasteiger partial charge in [-0.15, -0.1) is 0 Å². The lowest BCUT2D eigenvalue weighted by Gasteiger charge is -2.02. The molecule has 0 N–H and O–H groups in total. The minimum atomic E-state index is -0.159. The molecule has 0 amide bonds. The molecule has 0 heterocycles. The topological polar surface area (TPSA) is 26.3 Å². The Labute approximate surface area is 92.3 Å². The minimum absolute atomic E-state index is 0.159. The second-order valence-electron chi connectivity index (χ2n) is 2.97. The van der Waals surface area contributed by atoms with Crippen molar-refractivity contribution >= 4 is 5.97 Å². The van der Waals surface area contributed by atoms with Crippen LogP contribution in [0.3, 0.4) is 0 Å². The third kappa shape index (κ3) is 5.89. The zero-order valence-corrected chi connectivity index (χ0v) is 10.0. The van der Waals surface area contributed by atoms with Crippen molar-refractivity contribution in [1.82, 2.24) is 0 Å². The van der Waals surface area contributed by atoms with E-state index in [0.29, 0.717) is 13.0 Å². The largest absolute Gasteiger partial charge is 0.466 e. The number of hydrogen-bond donors (Lipinski definition) is 0. The van der Waals surface area contributed by atoms with Gasteiger partial charge in [-0.25, -0.2) is 0 Å². The molecule has 0 aliphatic heterocycles. The molecule has 2 nitrogen and oxygen atoms in total. The molecule has 0 unspecified atom stereocenters. The molecule has 0 saturated heterocycles. The Morgan fingerprint density at radius 2 is 2.00 bits per heavy atom. The average Bonchev–Trinajstić information content (AvgIpc) is 2.21. The summed E-state index contributed by atoms with van der Waals surface area (Å²) in [5.74, 6) is -0.159. The molecule has 1 aromatic rings. The summed E-state index contributed by atoms with van der Waals surface area (Å²) < 4.78 is 4.85. The molecule has 0 radical (unpaired) electrons. The van der Waals surface area contributed by atoms with E-state index in [-0.39, 0.29) is 5.97 Å². The number of rotatable bonds is 3. The highest BCUT2D eigenvalue weighted by Gasteiger charge is 2.02. The number of hydrogen-bond acceptors (Lipinski definition) is 2. The predicted molar refractivity (Wildman–Crippen MR) is 62.9 cm³/mol. The lowest BCUT2D eigenvalue weighted by Crippen LogP contribution is -2.07. The van der Waals surface area contributed by atoms with Crippen LogP contribution in [0.1, 0.15) is 31.9 Å². The third-order valence-electron chi connectivity index (χ3n) is 1.74. The summed E-state index contributed by atoms with van der Waals surface area (Å²) in [6.07, 6.45) is 0.371. The van der Waals surface area contributed by atoms with Crippen molar-refractivity contribution in [3.05, 3.63) is 35.4 Å². The van der Waals surface area contributed by atoms with Crippen LogP contribution in [0.2, 0.25) is 0 Å². The molecule has 0 atom stereocenters. The second-order valence-corrected chi connectivity index (χ2v) is 2.97. The summed E-state index contributed by atoms with van der Waals surface area (Å²) in [7, 11) is 0. The summed E-state index contributed by atoms with van der Waals surface area (Å²) in [5.41, 5.74) is 2.18. The van der Waals surface area contributed by atoms with Crippen molar-refractivity contribution in [1.29, 1.82) is 0 Å². The van der Waals surface area contributed by atoms with Gasteiger partial charge >= 0.3 is 5.97 Å². The first-order valence-electron chi connectivity index (χ1n) is 5.43. The molecule has 84 valence electrons. The number of aryl methyl sites for hydroxylation is 1. The van der Waals surface area contributed by atoms with Gasteiger partial charge in [0.05, 0.1) is 13.0 Å². The number of esters is 1. The van der Waals surface area contributed by atoms with E-state index in [9.17, 15) is 4.79 Å². The lowest BCUT2D eigenvalue weighted by molar-refractivity contribution is -0.142. The van der Waals surface area contributed by atoms with Crippen molar-refractivity contribution in [2.45, 2.75) is 34.1 Å². The van der Waals surface area contributed by atoms with Crippen LogP contribution < -0.4 is 0 Å². The first-order valence-corrected chi connectivity index (χ1v) is 5.43. The monoisotopic (exact) mass is 208 g/mol. The van der Waals surface area contributed by atoms with E-state index in [1.54, 1.807) is 0 Å². The Morgan fingerprint density at radius 1 is 1.33 bits per heavy atom. The zero-order valence-electron chi connectivity index (χ0n) is 10.0. The maximum atomic E-state index is 11.1. The molecule has 1 rings (SSSR count). The molecule has 0 fully saturated rings. The van der Waals surface area contributed by atoms with Crippen LogP contribution in [0.4, 0.5) is 0 Å². The van der Waals surface area contributed by atoms with Crippen molar-refractivity contribution < 1.29 is 9.53 Å². The fourth-order valence-electron chi connectivity index (χ4n) is 1.20. The molecule has 0 saturated carbocycles. The quantitative estimate of drug-likeness (QED) is 0.713. The lowest BCUT2D eigenvalue weighted by atomic mass is 10.1. The minimum Gasteiger partial charge on any atom is -0.466 e. The maximum Gasteiger partial charge on any atom is 0.310 e. The summed E-state index contributed by atoms with van der Waals surface area (Å²) in [6.45, 7) is 8.27. The van der Waals surface area contributed by atoms with E-state index in [4.69, 9.17) is 4.74 Å². The van der Waals surface area contributed by atoms with Crippen molar-refractivity contribution in [3.8, 4) is 0 Å². The van der Waals surface area contributed by atoms with Gasteiger partial charge in [-0.1, -0.05) is 43.7 Å². The van der Waals surface area contributed by atoms with E-state index in [1.165, 1.54) is 5.56 Å². The molecular formula is C13H20O2. The highest BCUT2D eigenvalue weighted by Crippen LogP contribution is 2.05. The van der Waals surface area contributed by atoms with Crippen molar-refractivity contribution in [2.75, 3.05) is 6.61 Å². The molecule has 1 aromatic carbocycles. The van der Waals surface area contributed by atoms with E-state index in [1.807, 2.05) is 52.0 Å². The number of benzene rings is 1. The van der Waals surface area contributed by atoms with Crippen LogP contribution in [-0.2, 0) is 16.0 Å². The van der Waals surface area contributed by atoms with Crippen molar-refractivity contribution in [3.63, 3.8) is 0 Å². The number of carbonyl (C=O) groups is 1. The molecule has 0 aromatic heterocycles. The van der Waals surface area contributed by atoms with E-state index in [2.05, 4.69) is 0 Å². The van der Waals surface area contributed by atoms with Gasteiger partial charge in [-0.2, -0.15) is 0 Å². The number of ether oxygens (including phenoxy) is 1. The van der Waals surface area contributed by atoms with Gasteiger partial charge in [-0.05, 0) is 19.4 Å². The summed E-state index contributed by atoms with van der Waals surface area (Å²) in [5, 5.41) is 0. The van der Waals surface area contributed by atoms with Gasteiger partial charge in [0.25, 0.3) is 0 Å². The Hall–Kier alpha value is -1.31. The Bertz CT molecular complexity index is 292. The van der Waals surface area contributed by atoms with E-state index < -0.39 is 0 Å². The molecule has 0 bridgehead atoms. The van der Waals surface area contributed by atoms with Gasteiger partial charge in [-0.3, -0.25) is 4.79 Å². The van der Waals surface area contributed by atoms with Crippen LogP contribution in [0.15, 0.2) is 24.3 Å². The average molecular weight is 208 g/mol. The van der Waals surface area contributed by atoms with Crippen LogP contribution in [0.25, 0.3) is 0 Å². The molecule has 0 aliphatic rings. The van der Waals surface area contributed by atoms with E-state index >= 15 is 0 Å². The fourth-order valence-corrected chi connectivity index (χ4v) is 1.20. The van der Waals surface area contributed by atoms with Crippen molar-refractivity contribution in [2.24, 2.45) is 0 Å². The molecule has 0 spiro atoms. The Morgan fingerprint density at radius 3 is 2.53 bits per heavy atom. The summed E-state index contributed by atoms with van der Waals surface area (Å²) in [4.78, 5) is 11.1. The Balaban J connectivity index is 0.000000921. The first-order chi connectivity index (χ1) is 7.22. The maximum absolute atomic E-state index is 11.1. The van der Waals surface area contributed by atoms with Gasteiger partial charge in [0, 0.05) is 0 Å². The Kier molecular flexibility index (Phi) is 7.33. The fraction of sp³-hybridized carbons (Fsp3) is 0.462. The summed E-state index contributed by atoms with van der Waals surface area (Å²) >= 11 is 0. The predicted octanol–water partition coefficient (Wildman–Crippen LogP) is 3.13. The second kappa shape index (κ2) is 8.04. The standard InChI is InChI=1S/C11H14O2.C2H6/c1-3-13-11(12)8-10-6-4-5-9(2)7-10;1-2/h4-7H,3,8H2,1-2H3;1-2H3. The third-order valence-corrected chi connectivity index (χ3v) is 1.74. The molecule has 15 heavy (non-hydrogen) atoms. The smallest absolute Gasteiger partial charge is 0.310 e. The molecular weight excluding hydrogens is 188 g/mol. The highest BCUT2D eigenvalue weighted by atomic mass is 16.5. The van der Waals surface area contributed by atoms with Gasteiger partial charge < -0.3 is 4.74 Å². The SMILES string of the molecule is CC.CCOC(=O)Cc1cccc(C)c1. The number of carbonyl (C=O) groups excluding carboxylic acids is 1. The van der Waals surface area contributed by atoms with Gasteiger partial charge in [0.1, 0.15) is 0 Å². The zero-order chi connectivity index (χ0) is 11.7. The van der Waals surface area contributed by atoms with Crippen LogP contribution in [-0.4, -0.2) is 12.6 Å². The van der Waals surface area contributed by atoms with Crippen LogP contribution >= 0.6 is 0 Å². The van der Waals surface area contributed by atoms with Crippen LogP contribution in [0, 0.1) is 6.92 Å². The van der Waals surface area contributed by atoms with Crippen LogP contribution in [0.5, 0.6) is 0 Å². The normalized spacial score (nSPS) is 8.80. The van der Waals surface area contributed by atoms with Gasteiger partial charge in [0.2, 0.25) is 0 Å². The molecule has 2 heteroatoms. The molecule has 0 aliphatic carbocycles.